The van der Waals surface area contributed by atoms with Gasteiger partial charge in [-0.25, -0.2) is 0 Å². The molecule has 3 unspecified atom stereocenters. The second-order valence-corrected chi connectivity index (χ2v) is 8.61. The Hall–Kier alpha value is 0.270. The molecule has 21 heavy (non-hydrogen) atoms. The number of nitrogens with one attached hydrogen (secondary N) is 1. The van der Waals surface area contributed by atoms with Gasteiger partial charge in [0.25, 0.3) is 0 Å². The van der Waals surface area contributed by atoms with Crippen molar-refractivity contribution in [2.75, 3.05) is 25.2 Å². The first-order chi connectivity index (χ1) is 10.3. The molecule has 3 heteroatoms. The summed E-state index contributed by atoms with van der Waals surface area (Å²) in [5, 5.41) is 3.73. The van der Waals surface area contributed by atoms with E-state index in [2.05, 4.69) is 24.1 Å². The van der Waals surface area contributed by atoms with Crippen molar-refractivity contribution in [3.8, 4) is 0 Å². The minimum atomic E-state index is 0.240. The van der Waals surface area contributed by atoms with Gasteiger partial charge in [-0.1, -0.05) is 32.1 Å². The topological polar surface area (TPSA) is 21.3 Å². The van der Waals surface area contributed by atoms with Crippen molar-refractivity contribution in [1.82, 2.24) is 5.32 Å². The molecule has 1 spiro atoms. The lowest BCUT2D eigenvalue weighted by Crippen LogP contribution is -2.49. The predicted molar refractivity (Wildman–Crippen MR) is 92.0 cm³/mol. The molecule has 3 fully saturated rings. The van der Waals surface area contributed by atoms with Crippen LogP contribution in [0.2, 0.25) is 0 Å². The van der Waals surface area contributed by atoms with E-state index in [1.54, 1.807) is 0 Å². The van der Waals surface area contributed by atoms with Crippen LogP contribution < -0.4 is 5.32 Å². The number of thioether (sulfide) groups is 1. The molecule has 2 saturated heterocycles. The molecule has 3 atom stereocenters. The Labute approximate surface area is 135 Å². The first-order valence-electron chi connectivity index (χ1n) is 9.22. The third kappa shape index (κ3) is 3.97. The summed E-state index contributed by atoms with van der Waals surface area (Å²) in [6.45, 7) is 0.996. The molecule has 122 valence electrons. The average molecular weight is 312 g/mol. The lowest BCUT2D eigenvalue weighted by atomic mass is 9.74. The van der Waals surface area contributed by atoms with Crippen LogP contribution in [0.3, 0.4) is 0 Å². The molecular formula is C18H33NOS. The molecule has 3 aliphatic rings. The van der Waals surface area contributed by atoms with E-state index in [0.717, 1.165) is 24.5 Å². The third-order valence-electron chi connectivity index (χ3n) is 6.10. The van der Waals surface area contributed by atoms with Crippen LogP contribution in [0.1, 0.15) is 64.2 Å². The molecule has 0 aromatic heterocycles. The number of hydrogen-bond acceptors (Lipinski definition) is 3. The third-order valence-corrected chi connectivity index (χ3v) is 7.32. The van der Waals surface area contributed by atoms with Crippen molar-refractivity contribution in [3.05, 3.63) is 0 Å². The highest BCUT2D eigenvalue weighted by Crippen LogP contribution is 2.43. The monoisotopic (exact) mass is 311 g/mol. The van der Waals surface area contributed by atoms with Gasteiger partial charge in [-0.2, -0.15) is 11.8 Å². The molecule has 0 radical (unpaired) electrons. The molecule has 2 heterocycles. The summed E-state index contributed by atoms with van der Waals surface area (Å²) >= 11 is 2.10. The Morgan fingerprint density at radius 2 is 1.81 bits per heavy atom. The van der Waals surface area contributed by atoms with Gasteiger partial charge in [0, 0.05) is 18.4 Å². The van der Waals surface area contributed by atoms with E-state index < -0.39 is 0 Å². The summed E-state index contributed by atoms with van der Waals surface area (Å²) in [7, 11) is 2.20. The quantitative estimate of drug-likeness (QED) is 0.842. The highest BCUT2D eigenvalue weighted by molar-refractivity contribution is 7.99. The lowest BCUT2D eigenvalue weighted by molar-refractivity contribution is -0.0885. The van der Waals surface area contributed by atoms with E-state index in [1.165, 1.54) is 75.7 Å². The molecule has 0 aromatic rings. The van der Waals surface area contributed by atoms with Gasteiger partial charge in [-0.3, -0.25) is 0 Å². The summed E-state index contributed by atoms with van der Waals surface area (Å²) in [4.78, 5) is 0. The van der Waals surface area contributed by atoms with Gasteiger partial charge in [0.15, 0.2) is 0 Å². The zero-order chi connectivity index (χ0) is 14.5. The predicted octanol–water partition coefficient (Wildman–Crippen LogP) is 4.24. The van der Waals surface area contributed by atoms with E-state index in [4.69, 9.17) is 4.74 Å². The maximum atomic E-state index is 6.23. The largest absolute Gasteiger partial charge is 0.374 e. The normalized spacial score (nSPS) is 37.3. The van der Waals surface area contributed by atoms with Crippen molar-refractivity contribution in [1.29, 1.82) is 0 Å². The Morgan fingerprint density at radius 3 is 2.48 bits per heavy atom. The summed E-state index contributed by atoms with van der Waals surface area (Å²) in [5.74, 6) is 4.29. The van der Waals surface area contributed by atoms with Gasteiger partial charge in [0.2, 0.25) is 0 Å². The highest BCUT2D eigenvalue weighted by atomic mass is 32.2. The van der Waals surface area contributed by atoms with Crippen LogP contribution in [-0.2, 0) is 4.74 Å². The van der Waals surface area contributed by atoms with E-state index in [0.29, 0.717) is 0 Å². The molecule has 1 N–H and O–H groups in total. The van der Waals surface area contributed by atoms with Crippen LogP contribution in [0.25, 0.3) is 0 Å². The van der Waals surface area contributed by atoms with Gasteiger partial charge in [-0.15, -0.1) is 0 Å². The summed E-state index contributed by atoms with van der Waals surface area (Å²) in [6, 6.07) is 0.731. The average Bonchev–Trinajstić information content (AvgIpc) is 2.89. The van der Waals surface area contributed by atoms with Gasteiger partial charge in [0.05, 0.1) is 5.60 Å². The van der Waals surface area contributed by atoms with Gasteiger partial charge >= 0.3 is 0 Å². The molecule has 0 bridgehead atoms. The lowest BCUT2D eigenvalue weighted by Gasteiger charge is -2.43. The van der Waals surface area contributed by atoms with Crippen LogP contribution in [0.15, 0.2) is 0 Å². The van der Waals surface area contributed by atoms with Gasteiger partial charge in [-0.05, 0) is 56.7 Å². The molecule has 2 aliphatic heterocycles. The fourth-order valence-corrected chi connectivity index (χ4v) is 6.32. The van der Waals surface area contributed by atoms with Gasteiger partial charge < -0.3 is 10.1 Å². The second kappa shape index (κ2) is 7.70. The zero-order valence-electron chi connectivity index (χ0n) is 13.7. The Morgan fingerprint density at radius 1 is 1.05 bits per heavy atom. The molecular weight excluding hydrogens is 278 g/mol. The fourth-order valence-electron chi connectivity index (χ4n) is 4.94. The van der Waals surface area contributed by atoms with Crippen molar-refractivity contribution in [2.24, 2.45) is 11.8 Å². The fraction of sp³-hybridized carbons (Fsp3) is 1.00. The van der Waals surface area contributed by atoms with E-state index in [1.807, 2.05) is 0 Å². The minimum Gasteiger partial charge on any atom is -0.374 e. The van der Waals surface area contributed by atoms with Crippen molar-refractivity contribution in [3.63, 3.8) is 0 Å². The maximum Gasteiger partial charge on any atom is 0.0783 e. The molecule has 1 saturated carbocycles. The van der Waals surface area contributed by atoms with E-state index >= 15 is 0 Å². The SMILES string of the molecule is CNC(C1CCCCCCC1)C1CCOC2(CCSC2)C1. The molecule has 0 amide bonds. The van der Waals surface area contributed by atoms with Crippen LogP contribution in [0, 0.1) is 11.8 Å². The first kappa shape index (κ1) is 16.1. The highest BCUT2D eigenvalue weighted by Gasteiger charge is 2.43. The molecule has 3 rings (SSSR count). The number of hydrogen-bond donors (Lipinski definition) is 1. The summed E-state index contributed by atoms with van der Waals surface area (Å²) < 4.78 is 6.23. The Kier molecular flexibility index (Phi) is 5.92. The summed E-state index contributed by atoms with van der Waals surface area (Å²) in [6.07, 6.45) is 14.1. The number of rotatable bonds is 3. The van der Waals surface area contributed by atoms with E-state index in [-0.39, 0.29) is 5.60 Å². The van der Waals surface area contributed by atoms with Crippen molar-refractivity contribution < 1.29 is 4.74 Å². The first-order valence-corrected chi connectivity index (χ1v) is 10.4. The van der Waals surface area contributed by atoms with Crippen LogP contribution in [-0.4, -0.2) is 36.8 Å². The molecule has 2 nitrogen and oxygen atoms in total. The summed E-state index contributed by atoms with van der Waals surface area (Å²) in [5.41, 5.74) is 0.240. The van der Waals surface area contributed by atoms with Crippen molar-refractivity contribution >= 4 is 11.8 Å². The molecule has 1 aliphatic carbocycles. The van der Waals surface area contributed by atoms with E-state index in [9.17, 15) is 0 Å². The Bertz CT molecular complexity index is 308. The maximum absolute atomic E-state index is 6.23. The minimum absolute atomic E-state index is 0.240. The smallest absolute Gasteiger partial charge is 0.0783 e. The standard InChI is InChI=1S/C18H33NOS/c1-19-17(15-7-5-3-2-4-6-8-15)16-9-11-20-18(13-16)10-12-21-14-18/h15-17,19H,2-14H2,1H3. The van der Waals surface area contributed by atoms with Crippen LogP contribution >= 0.6 is 11.8 Å². The second-order valence-electron chi connectivity index (χ2n) is 7.51. The molecule has 0 aromatic carbocycles. The van der Waals surface area contributed by atoms with Crippen LogP contribution in [0.5, 0.6) is 0 Å². The van der Waals surface area contributed by atoms with Gasteiger partial charge in [0.1, 0.15) is 0 Å². The van der Waals surface area contributed by atoms with Crippen LogP contribution in [0.4, 0.5) is 0 Å². The number of ether oxygens (including phenoxy) is 1. The van der Waals surface area contributed by atoms with Crippen molar-refractivity contribution in [2.45, 2.75) is 75.9 Å². The zero-order valence-corrected chi connectivity index (χ0v) is 14.6. The Balaban J connectivity index is 1.63.